The molecule has 1 heterocycles. The first-order valence-corrected chi connectivity index (χ1v) is 7.88. The minimum absolute atomic E-state index is 0.355. The lowest BCUT2D eigenvalue weighted by molar-refractivity contribution is -0.118. The first kappa shape index (κ1) is 16.8. The van der Waals surface area contributed by atoms with Crippen molar-refractivity contribution in [3.05, 3.63) is 35.5 Å². The van der Waals surface area contributed by atoms with Crippen LogP contribution in [0, 0.1) is 6.92 Å². The van der Waals surface area contributed by atoms with Crippen LogP contribution in [0.4, 0.5) is 16.4 Å². The number of amides is 2. The van der Waals surface area contributed by atoms with Crippen LogP contribution in [-0.4, -0.2) is 22.2 Å². The van der Waals surface area contributed by atoms with E-state index in [0.717, 1.165) is 10.7 Å². The van der Waals surface area contributed by atoms with Gasteiger partial charge in [-0.2, -0.15) is 4.37 Å². The molecule has 0 fully saturated rings. The van der Waals surface area contributed by atoms with E-state index >= 15 is 0 Å². The average Bonchev–Trinajstić information content (AvgIpc) is 2.89. The van der Waals surface area contributed by atoms with Crippen LogP contribution in [0.5, 0.6) is 0 Å². The molecule has 0 saturated carbocycles. The number of hydrogen-bond acceptors (Lipinski definition) is 6. The van der Waals surface area contributed by atoms with Crippen LogP contribution in [0.2, 0.25) is 0 Å². The molecule has 1 aromatic heterocycles. The summed E-state index contributed by atoms with van der Waals surface area (Å²) < 4.78 is 4.18. The maximum atomic E-state index is 11.6. The van der Waals surface area contributed by atoms with Crippen molar-refractivity contribution in [2.45, 2.75) is 26.3 Å². The minimum Gasteiger partial charge on any atom is -0.374 e. The highest BCUT2D eigenvalue weighted by atomic mass is 32.1. The third-order valence-corrected chi connectivity index (χ3v) is 4.06. The summed E-state index contributed by atoms with van der Waals surface area (Å²) in [5.74, 6) is -0.971. The Hall–Kier alpha value is -2.61. The van der Waals surface area contributed by atoms with Gasteiger partial charge in [-0.3, -0.25) is 9.59 Å². The monoisotopic (exact) mass is 333 g/mol. The van der Waals surface area contributed by atoms with Gasteiger partial charge < -0.3 is 22.1 Å². The van der Waals surface area contributed by atoms with E-state index in [0.29, 0.717) is 23.4 Å². The molecule has 1 atom stereocenters. The van der Waals surface area contributed by atoms with Crippen LogP contribution in [0.1, 0.15) is 29.4 Å². The van der Waals surface area contributed by atoms with Gasteiger partial charge in [0, 0.05) is 5.69 Å². The first-order chi connectivity index (χ1) is 10.9. The molecule has 6 N–H and O–H groups in total. The van der Waals surface area contributed by atoms with Crippen molar-refractivity contribution in [1.82, 2.24) is 4.37 Å². The van der Waals surface area contributed by atoms with Gasteiger partial charge in [-0.15, -0.1) is 0 Å². The van der Waals surface area contributed by atoms with Gasteiger partial charge in [0.1, 0.15) is 11.0 Å². The molecular weight excluding hydrogens is 314 g/mol. The number of benzene rings is 1. The van der Waals surface area contributed by atoms with Crippen LogP contribution < -0.4 is 22.1 Å². The number of carbonyl (C=O) groups excluding carboxylic acids is 2. The number of aryl methyl sites for hydroxylation is 1. The number of rotatable bonds is 7. The quantitative estimate of drug-likeness (QED) is 0.617. The Morgan fingerprint density at radius 1 is 1.30 bits per heavy atom. The highest BCUT2D eigenvalue weighted by Crippen LogP contribution is 2.27. The SMILES string of the molecule is CC[C@@H](Nc1ccc(C(N)=O)c(Nc2cc(C)ns2)c1)C(N)=O. The van der Waals surface area contributed by atoms with E-state index in [1.54, 1.807) is 18.2 Å². The summed E-state index contributed by atoms with van der Waals surface area (Å²) in [6.45, 7) is 3.74. The molecule has 0 radical (unpaired) electrons. The number of anilines is 3. The third kappa shape index (κ3) is 4.19. The molecule has 0 spiro atoms. The van der Waals surface area contributed by atoms with Crippen molar-refractivity contribution in [3.8, 4) is 0 Å². The molecule has 7 nitrogen and oxygen atoms in total. The standard InChI is InChI=1S/C15H19N5O2S/c1-3-11(15(17)22)18-9-4-5-10(14(16)21)12(7-9)19-13-6-8(2)20-23-13/h4-7,11,18-19H,3H2,1-2H3,(H2,16,21)(H2,17,22)/t11-/m1/s1. The summed E-state index contributed by atoms with van der Waals surface area (Å²) in [5, 5.41) is 6.98. The van der Waals surface area contributed by atoms with Crippen LogP contribution in [-0.2, 0) is 4.79 Å². The molecule has 2 rings (SSSR count). The lowest BCUT2D eigenvalue weighted by Crippen LogP contribution is -2.34. The van der Waals surface area contributed by atoms with Gasteiger partial charge in [0.15, 0.2) is 0 Å². The summed E-state index contributed by atoms with van der Waals surface area (Å²) in [4.78, 5) is 22.9. The van der Waals surface area contributed by atoms with Gasteiger partial charge in [0.05, 0.1) is 16.9 Å². The van der Waals surface area contributed by atoms with E-state index in [4.69, 9.17) is 11.5 Å². The number of primary amides is 2. The molecule has 23 heavy (non-hydrogen) atoms. The first-order valence-electron chi connectivity index (χ1n) is 7.10. The predicted octanol–water partition coefficient (Wildman–Crippen LogP) is 1.97. The van der Waals surface area contributed by atoms with Gasteiger partial charge in [0.2, 0.25) is 5.91 Å². The molecule has 0 unspecified atom stereocenters. The Balaban J connectivity index is 2.31. The highest BCUT2D eigenvalue weighted by Gasteiger charge is 2.15. The smallest absolute Gasteiger partial charge is 0.250 e. The van der Waals surface area contributed by atoms with Crippen molar-refractivity contribution in [3.63, 3.8) is 0 Å². The fourth-order valence-corrected chi connectivity index (χ4v) is 2.76. The third-order valence-electron chi connectivity index (χ3n) is 3.26. The molecule has 122 valence electrons. The number of nitrogens with two attached hydrogens (primary N) is 2. The zero-order valence-corrected chi connectivity index (χ0v) is 13.7. The molecule has 0 bridgehead atoms. The summed E-state index contributed by atoms with van der Waals surface area (Å²) >= 11 is 1.29. The Labute approximate surface area is 138 Å². The van der Waals surface area contributed by atoms with Gasteiger partial charge in [-0.05, 0) is 49.1 Å². The van der Waals surface area contributed by atoms with Crippen LogP contribution in [0.25, 0.3) is 0 Å². The Bertz CT molecular complexity index is 728. The van der Waals surface area contributed by atoms with E-state index in [1.165, 1.54) is 11.5 Å². The molecule has 2 aromatic rings. The summed E-state index contributed by atoms with van der Waals surface area (Å²) in [7, 11) is 0. The molecule has 1 aromatic carbocycles. The number of aromatic nitrogens is 1. The molecule has 0 saturated heterocycles. The number of hydrogen-bond donors (Lipinski definition) is 4. The molecular formula is C15H19N5O2S. The highest BCUT2D eigenvalue weighted by molar-refractivity contribution is 7.10. The van der Waals surface area contributed by atoms with Crippen molar-refractivity contribution < 1.29 is 9.59 Å². The lowest BCUT2D eigenvalue weighted by Gasteiger charge is -2.17. The lowest BCUT2D eigenvalue weighted by atomic mass is 10.1. The van der Waals surface area contributed by atoms with Crippen molar-refractivity contribution in [2.24, 2.45) is 11.5 Å². The van der Waals surface area contributed by atoms with Crippen LogP contribution in [0.15, 0.2) is 24.3 Å². The maximum Gasteiger partial charge on any atom is 0.250 e. The van der Waals surface area contributed by atoms with Crippen molar-refractivity contribution >= 4 is 39.7 Å². The van der Waals surface area contributed by atoms with Gasteiger partial charge in [0.25, 0.3) is 5.91 Å². The fraction of sp³-hybridized carbons (Fsp3) is 0.267. The Morgan fingerprint density at radius 3 is 2.57 bits per heavy atom. The van der Waals surface area contributed by atoms with Crippen LogP contribution in [0.3, 0.4) is 0 Å². The molecule has 0 aliphatic rings. The normalized spacial score (nSPS) is 11.7. The second kappa shape index (κ2) is 7.10. The van der Waals surface area contributed by atoms with E-state index in [9.17, 15) is 9.59 Å². The van der Waals surface area contributed by atoms with E-state index in [-0.39, 0.29) is 0 Å². The second-order valence-electron chi connectivity index (χ2n) is 5.09. The number of carbonyl (C=O) groups is 2. The Kier molecular flexibility index (Phi) is 5.17. The summed E-state index contributed by atoms with van der Waals surface area (Å²) in [6.07, 6.45) is 0.559. The Morgan fingerprint density at radius 2 is 2.04 bits per heavy atom. The topological polar surface area (TPSA) is 123 Å². The molecule has 0 aliphatic heterocycles. The largest absolute Gasteiger partial charge is 0.374 e. The second-order valence-corrected chi connectivity index (χ2v) is 5.89. The number of nitrogens with one attached hydrogen (secondary N) is 2. The van der Waals surface area contributed by atoms with Gasteiger partial charge >= 0.3 is 0 Å². The molecule has 0 aliphatic carbocycles. The average molecular weight is 333 g/mol. The fourth-order valence-electron chi connectivity index (χ4n) is 2.08. The zero-order chi connectivity index (χ0) is 17.0. The summed E-state index contributed by atoms with van der Waals surface area (Å²) in [6, 6.07) is 6.41. The predicted molar refractivity (Wildman–Crippen MR) is 92.0 cm³/mol. The minimum atomic E-state index is -0.540. The van der Waals surface area contributed by atoms with E-state index in [2.05, 4.69) is 15.0 Å². The molecule has 8 heteroatoms. The van der Waals surface area contributed by atoms with Crippen LogP contribution >= 0.6 is 11.5 Å². The zero-order valence-electron chi connectivity index (χ0n) is 12.9. The van der Waals surface area contributed by atoms with E-state index < -0.39 is 17.9 Å². The summed E-state index contributed by atoms with van der Waals surface area (Å²) in [5.41, 5.74) is 13.2. The van der Waals surface area contributed by atoms with Crippen molar-refractivity contribution in [2.75, 3.05) is 10.6 Å². The van der Waals surface area contributed by atoms with E-state index in [1.807, 2.05) is 19.9 Å². The molecule has 2 amide bonds. The van der Waals surface area contributed by atoms with Gasteiger partial charge in [-0.25, -0.2) is 0 Å². The maximum absolute atomic E-state index is 11.6. The number of nitrogens with zero attached hydrogens (tertiary/aromatic N) is 1. The van der Waals surface area contributed by atoms with Gasteiger partial charge in [-0.1, -0.05) is 6.92 Å². The van der Waals surface area contributed by atoms with Crippen molar-refractivity contribution in [1.29, 1.82) is 0 Å².